The van der Waals surface area contributed by atoms with Crippen molar-refractivity contribution in [1.29, 1.82) is 0 Å². The van der Waals surface area contributed by atoms with Crippen molar-refractivity contribution < 1.29 is 9.53 Å². The molecule has 4 rings (SSSR count). The highest BCUT2D eigenvalue weighted by atomic mass is 16.5. The summed E-state index contributed by atoms with van der Waals surface area (Å²) in [5, 5.41) is 0. The molecule has 0 spiro atoms. The molecule has 1 fully saturated rings. The predicted molar refractivity (Wildman–Crippen MR) is 95.8 cm³/mol. The van der Waals surface area contributed by atoms with Gasteiger partial charge in [0.15, 0.2) is 0 Å². The van der Waals surface area contributed by atoms with Gasteiger partial charge in [0.05, 0.1) is 5.41 Å². The smallest absolute Gasteiger partial charge is 0.312 e. The summed E-state index contributed by atoms with van der Waals surface area (Å²) < 4.78 is 5.85. The third-order valence-electron chi connectivity index (χ3n) is 5.92. The Bertz CT molecular complexity index is 748. The van der Waals surface area contributed by atoms with Gasteiger partial charge in [0.25, 0.3) is 0 Å². The molecule has 0 aromatic heterocycles. The van der Waals surface area contributed by atoms with Gasteiger partial charge in [-0.3, -0.25) is 4.79 Å². The monoisotopic (exact) mass is 320 g/mol. The van der Waals surface area contributed by atoms with E-state index in [-0.39, 0.29) is 22.7 Å². The summed E-state index contributed by atoms with van der Waals surface area (Å²) >= 11 is 0. The van der Waals surface area contributed by atoms with Gasteiger partial charge in [0.2, 0.25) is 0 Å². The molecule has 0 heterocycles. The molecule has 0 N–H and O–H groups in total. The van der Waals surface area contributed by atoms with Crippen molar-refractivity contribution in [3.63, 3.8) is 0 Å². The second-order valence-corrected chi connectivity index (χ2v) is 8.16. The zero-order chi connectivity index (χ0) is 16.9. The molecule has 0 atom stereocenters. The van der Waals surface area contributed by atoms with Crippen LogP contribution in [0.1, 0.15) is 50.7 Å². The lowest BCUT2D eigenvalue weighted by Crippen LogP contribution is -2.33. The molecule has 0 aliphatic heterocycles. The highest BCUT2D eigenvalue weighted by Gasteiger charge is 2.59. The molecule has 0 radical (unpaired) electrons. The summed E-state index contributed by atoms with van der Waals surface area (Å²) in [6.07, 6.45) is 1.90. The van der Waals surface area contributed by atoms with Gasteiger partial charge < -0.3 is 4.74 Å². The van der Waals surface area contributed by atoms with Crippen LogP contribution >= 0.6 is 0 Å². The standard InChI is InChI=1S/C22H24O2/c1-21(2,3)22(12-13-22)20(23)24-14-19-17-10-6-4-8-15(17)16-9-5-7-11-18(16)19/h4-11,19H,12-14H2,1-3H3. The van der Waals surface area contributed by atoms with E-state index >= 15 is 0 Å². The van der Waals surface area contributed by atoms with E-state index in [0.717, 1.165) is 12.8 Å². The molecule has 0 bridgehead atoms. The minimum atomic E-state index is -0.273. The average Bonchev–Trinajstić information content (AvgIpc) is 3.32. The maximum absolute atomic E-state index is 12.7. The molecule has 124 valence electrons. The first-order valence-corrected chi connectivity index (χ1v) is 8.79. The third kappa shape index (κ3) is 2.20. The molecule has 0 saturated heterocycles. The fourth-order valence-corrected chi connectivity index (χ4v) is 4.12. The molecule has 2 nitrogen and oxygen atoms in total. The van der Waals surface area contributed by atoms with E-state index in [0.29, 0.717) is 6.61 Å². The maximum atomic E-state index is 12.7. The van der Waals surface area contributed by atoms with E-state index in [2.05, 4.69) is 69.3 Å². The number of esters is 1. The van der Waals surface area contributed by atoms with Gasteiger partial charge in [0.1, 0.15) is 6.61 Å². The first-order valence-electron chi connectivity index (χ1n) is 8.79. The maximum Gasteiger partial charge on any atom is 0.312 e. The number of fused-ring (bicyclic) bond motifs is 3. The summed E-state index contributed by atoms with van der Waals surface area (Å²) in [5.74, 6) is 0.133. The van der Waals surface area contributed by atoms with Gasteiger partial charge in [-0.25, -0.2) is 0 Å². The van der Waals surface area contributed by atoms with E-state index in [1.54, 1.807) is 0 Å². The van der Waals surface area contributed by atoms with Crippen molar-refractivity contribution in [2.24, 2.45) is 10.8 Å². The molecule has 0 unspecified atom stereocenters. The Morgan fingerprint density at radius 1 is 1.00 bits per heavy atom. The SMILES string of the molecule is CC(C)(C)C1(C(=O)OCC2c3ccccc3-c3ccccc32)CC1. The summed E-state index contributed by atoms with van der Waals surface area (Å²) in [4.78, 5) is 12.7. The lowest BCUT2D eigenvalue weighted by Gasteiger charge is -2.29. The van der Waals surface area contributed by atoms with Crippen LogP contribution in [0.4, 0.5) is 0 Å². The number of benzene rings is 2. The van der Waals surface area contributed by atoms with Gasteiger partial charge in [-0.1, -0.05) is 69.3 Å². The lowest BCUT2D eigenvalue weighted by molar-refractivity contribution is -0.155. The Morgan fingerprint density at radius 2 is 1.50 bits per heavy atom. The van der Waals surface area contributed by atoms with Crippen LogP contribution in [0.5, 0.6) is 0 Å². The third-order valence-corrected chi connectivity index (χ3v) is 5.92. The van der Waals surface area contributed by atoms with Crippen molar-refractivity contribution in [3.05, 3.63) is 59.7 Å². The summed E-state index contributed by atoms with van der Waals surface area (Å²) in [6, 6.07) is 16.9. The van der Waals surface area contributed by atoms with Gasteiger partial charge in [-0.15, -0.1) is 0 Å². The van der Waals surface area contributed by atoms with E-state index in [1.165, 1.54) is 22.3 Å². The van der Waals surface area contributed by atoms with E-state index in [4.69, 9.17) is 4.74 Å². The Morgan fingerprint density at radius 3 is 1.96 bits per heavy atom. The minimum absolute atomic E-state index is 0.0168. The second-order valence-electron chi connectivity index (χ2n) is 8.16. The van der Waals surface area contributed by atoms with Crippen LogP contribution in [0.2, 0.25) is 0 Å². The summed E-state index contributed by atoms with van der Waals surface area (Å²) in [5.41, 5.74) is 4.77. The van der Waals surface area contributed by atoms with Crippen molar-refractivity contribution in [2.75, 3.05) is 6.61 Å². The molecule has 2 aromatic rings. The number of rotatable bonds is 3. The number of carbonyl (C=O) groups excluding carboxylic acids is 1. The van der Waals surface area contributed by atoms with Gasteiger partial charge in [-0.2, -0.15) is 0 Å². The lowest BCUT2D eigenvalue weighted by atomic mass is 9.77. The first kappa shape index (κ1) is 15.4. The van der Waals surface area contributed by atoms with E-state index in [9.17, 15) is 4.79 Å². The molecule has 2 aliphatic carbocycles. The van der Waals surface area contributed by atoms with Crippen LogP contribution in [-0.4, -0.2) is 12.6 Å². The molecular weight excluding hydrogens is 296 g/mol. The molecule has 1 saturated carbocycles. The average molecular weight is 320 g/mol. The van der Waals surface area contributed by atoms with Gasteiger partial charge in [0, 0.05) is 5.92 Å². The highest BCUT2D eigenvalue weighted by Crippen LogP contribution is 2.59. The largest absolute Gasteiger partial charge is 0.464 e. The Balaban J connectivity index is 1.59. The van der Waals surface area contributed by atoms with Gasteiger partial charge >= 0.3 is 5.97 Å². The zero-order valence-corrected chi connectivity index (χ0v) is 14.6. The predicted octanol–water partition coefficient (Wildman–Crippen LogP) is 5.17. The van der Waals surface area contributed by atoms with E-state index < -0.39 is 0 Å². The molecule has 2 heteroatoms. The normalized spacial score (nSPS) is 18.0. The number of hydrogen-bond acceptors (Lipinski definition) is 2. The summed E-state index contributed by atoms with van der Waals surface area (Å²) in [6.45, 7) is 6.86. The van der Waals surface area contributed by atoms with Crippen molar-refractivity contribution in [2.45, 2.75) is 39.5 Å². The van der Waals surface area contributed by atoms with Crippen LogP contribution in [-0.2, 0) is 9.53 Å². The van der Waals surface area contributed by atoms with Crippen LogP contribution in [0, 0.1) is 10.8 Å². The quantitative estimate of drug-likeness (QED) is 0.729. The van der Waals surface area contributed by atoms with Crippen LogP contribution in [0.3, 0.4) is 0 Å². The molecule has 24 heavy (non-hydrogen) atoms. The van der Waals surface area contributed by atoms with E-state index in [1.807, 2.05) is 0 Å². The fourth-order valence-electron chi connectivity index (χ4n) is 4.12. The number of carbonyl (C=O) groups is 1. The van der Waals surface area contributed by atoms with Crippen LogP contribution < -0.4 is 0 Å². The van der Waals surface area contributed by atoms with Crippen LogP contribution in [0.25, 0.3) is 11.1 Å². The Kier molecular flexibility index (Phi) is 3.35. The van der Waals surface area contributed by atoms with Crippen molar-refractivity contribution in [1.82, 2.24) is 0 Å². The molecule has 2 aromatic carbocycles. The number of ether oxygens (including phenoxy) is 1. The van der Waals surface area contributed by atoms with Crippen molar-refractivity contribution in [3.8, 4) is 11.1 Å². The Labute approximate surface area is 143 Å². The first-order chi connectivity index (χ1) is 11.4. The second kappa shape index (κ2) is 5.20. The van der Waals surface area contributed by atoms with Gasteiger partial charge in [-0.05, 0) is 40.5 Å². The highest BCUT2D eigenvalue weighted by molar-refractivity contribution is 5.82. The van der Waals surface area contributed by atoms with Crippen molar-refractivity contribution >= 4 is 5.97 Å². The fraction of sp³-hybridized carbons (Fsp3) is 0.409. The molecule has 0 amide bonds. The zero-order valence-electron chi connectivity index (χ0n) is 14.6. The minimum Gasteiger partial charge on any atom is -0.464 e. The molecule has 2 aliphatic rings. The van der Waals surface area contributed by atoms with Crippen LogP contribution in [0.15, 0.2) is 48.5 Å². The molecular formula is C22H24O2. The Hall–Kier alpha value is -2.09. The number of hydrogen-bond donors (Lipinski definition) is 0. The summed E-state index contributed by atoms with van der Waals surface area (Å²) in [7, 11) is 0. The topological polar surface area (TPSA) is 26.3 Å².